The van der Waals surface area contributed by atoms with E-state index < -0.39 is 46.5 Å². The van der Waals surface area contributed by atoms with Crippen LogP contribution < -0.4 is 5.48 Å². The normalized spacial score (nSPS) is 11.2. The smallest absolute Gasteiger partial charge is 0.267 e. The Labute approximate surface area is 107 Å². The molecule has 0 bridgehead atoms. The summed E-state index contributed by atoms with van der Waals surface area (Å²) in [6, 6.07) is 0.313. The first-order chi connectivity index (χ1) is 9.11. The number of nitro groups is 1. The number of rotatable bonds is 4. The molecule has 0 unspecified atom stereocenters. The number of hydrogen-bond donors (Lipinski definition) is 1. The molecule has 0 saturated heterocycles. The summed E-state index contributed by atoms with van der Waals surface area (Å²) in [6.45, 7) is -1.84. The van der Waals surface area contributed by atoms with Crippen molar-refractivity contribution in [2.45, 2.75) is 6.18 Å². The van der Waals surface area contributed by atoms with Gasteiger partial charge in [0.05, 0.1) is 16.6 Å². The van der Waals surface area contributed by atoms with Crippen LogP contribution in [-0.4, -0.2) is 23.6 Å². The average molecular weight is 300 g/mol. The van der Waals surface area contributed by atoms with Gasteiger partial charge in [-0.1, -0.05) is 0 Å². The van der Waals surface area contributed by atoms with Crippen LogP contribution in [0.25, 0.3) is 0 Å². The van der Waals surface area contributed by atoms with Crippen molar-refractivity contribution in [1.29, 1.82) is 0 Å². The van der Waals surface area contributed by atoms with Crippen molar-refractivity contribution >= 4 is 11.6 Å². The molecule has 0 radical (unpaired) electrons. The fraction of sp³-hybridized carbons (Fsp3) is 0.222. The first kappa shape index (κ1) is 15.8. The van der Waals surface area contributed by atoms with Gasteiger partial charge in [-0.25, -0.2) is 9.87 Å². The number of nitro benzene ring substituents is 1. The summed E-state index contributed by atoms with van der Waals surface area (Å²) in [7, 11) is 0. The molecule has 0 spiro atoms. The van der Waals surface area contributed by atoms with Crippen LogP contribution >= 0.6 is 0 Å². The van der Waals surface area contributed by atoms with Gasteiger partial charge in [-0.3, -0.25) is 19.7 Å². The maximum Gasteiger partial charge on any atom is 0.414 e. The quantitative estimate of drug-likeness (QED) is 0.524. The SMILES string of the molecule is O=C(NOCC(F)(F)F)c1cc(F)c([N+](=O)[O-])cc1F. The zero-order chi connectivity index (χ0) is 15.5. The van der Waals surface area contributed by atoms with Crippen LogP contribution in [0, 0.1) is 21.7 Å². The van der Waals surface area contributed by atoms with Gasteiger partial charge in [0.1, 0.15) is 5.82 Å². The van der Waals surface area contributed by atoms with E-state index >= 15 is 0 Å². The highest BCUT2D eigenvalue weighted by Gasteiger charge is 2.29. The average Bonchev–Trinajstić information content (AvgIpc) is 2.29. The largest absolute Gasteiger partial charge is 0.414 e. The maximum absolute atomic E-state index is 13.3. The molecule has 1 N–H and O–H groups in total. The lowest BCUT2D eigenvalue weighted by Crippen LogP contribution is -2.30. The van der Waals surface area contributed by atoms with Crippen molar-refractivity contribution in [2.75, 3.05) is 6.61 Å². The number of carbonyl (C=O) groups excluding carboxylic acids is 1. The van der Waals surface area contributed by atoms with E-state index in [1.165, 1.54) is 5.48 Å². The van der Waals surface area contributed by atoms with E-state index in [2.05, 4.69) is 4.84 Å². The number of halogens is 5. The zero-order valence-electron chi connectivity index (χ0n) is 9.33. The number of amides is 1. The molecule has 1 aromatic rings. The van der Waals surface area contributed by atoms with E-state index in [0.717, 1.165) is 0 Å². The topological polar surface area (TPSA) is 81.5 Å². The van der Waals surface area contributed by atoms with Gasteiger partial charge in [0.15, 0.2) is 6.61 Å². The summed E-state index contributed by atoms with van der Waals surface area (Å²) in [5.41, 5.74) is -1.01. The molecule has 1 rings (SSSR count). The Kier molecular flexibility index (Phi) is 4.55. The molecule has 11 heteroatoms. The fourth-order valence-corrected chi connectivity index (χ4v) is 1.09. The lowest BCUT2D eigenvalue weighted by molar-refractivity contribution is -0.387. The van der Waals surface area contributed by atoms with E-state index in [-0.39, 0.29) is 12.1 Å². The number of nitrogens with one attached hydrogen (secondary N) is 1. The Balaban J connectivity index is 2.84. The minimum atomic E-state index is -4.73. The first-order valence-electron chi connectivity index (χ1n) is 4.74. The van der Waals surface area contributed by atoms with Crippen LogP contribution in [0.4, 0.5) is 27.6 Å². The first-order valence-corrected chi connectivity index (χ1v) is 4.74. The van der Waals surface area contributed by atoms with Gasteiger partial charge in [-0.15, -0.1) is 0 Å². The Hall–Kier alpha value is -2.30. The maximum atomic E-state index is 13.3. The zero-order valence-corrected chi connectivity index (χ0v) is 9.33. The van der Waals surface area contributed by atoms with Crippen LogP contribution in [0.3, 0.4) is 0 Å². The molecular formula is C9H5F5N2O4. The van der Waals surface area contributed by atoms with E-state index in [9.17, 15) is 36.9 Å². The molecule has 0 aromatic heterocycles. The lowest BCUT2D eigenvalue weighted by Gasteiger charge is -2.08. The van der Waals surface area contributed by atoms with Gasteiger partial charge in [0, 0.05) is 0 Å². The van der Waals surface area contributed by atoms with Crippen molar-refractivity contribution in [1.82, 2.24) is 5.48 Å². The highest BCUT2D eigenvalue weighted by atomic mass is 19.4. The molecule has 1 aromatic carbocycles. The van der Waals surface area contributed by atoms with E-state index in [1.807, 2.05) is 0 Å². The van der Waals surface area contributed by atoms with Crippen LogP contribution in [0.5, 0.6) is 0 Å². The van der Waals surface area contributed by atoms with Gasteiger partial charge < -0.3 is 0 Å². The third-order valence-corrected chi connectivity index (χ3v) is 1.88. The lowest BCUT2D eigenvalue weighted by atomic mass is 10.1. The second-order valence-electron chi connectivity index (χ2n) is 3.38. The van der Waals surface area contributed by atoms with Crippen LogP contribution in [0.2, 0.25) is 0 Å². The number of alkyl halides is 3. The molecular weight excluding hydrogens is 295 g/mol. The Bertz CT molecular complexity index is 546. The van der Waals surface area contributed by atoms with Crippen molar-refractivity contribution in [3.8, 4) is 0 Å². The predicted octanol–water partition coefficient (Wildman–Crippen LogP) is 2.10. The summed E-state index contributed by atoms with van der Waals surface area (Å²) in [5, 5.41) is 10.3. The molecule has 0 aliphatic heterocycles. The van der Waals surface area contributed by atoms with Gasteiger partial charge in [0.25, 0.3) is 5.91 Å². The molecule has 0 saturated carbocycles. The van der Waals surface area contributed by atoms with Gasteiger partial charge in [0.2, 0.25) is 5.82 Å². The van der Waals surface area contributed by atoms with Crippen molar-refractivity contribution < 1.29 is 36.5 Å². The highest BCUT2D eigenvalue weighted by Crippen LogP contribution is 2.21. The van der Waals surface area contributed by atoms with E-state index in [1.54, 1.807) is 0 Å². The fourth-order valence-electron chi connectivity index (χ4n) is 1.09. The summed E-state index contributed by atoms with van der Waals surface area (Å²) >= 11 is 0. The molecule has 0 heterocycles. The standard InChI is InChI=1S/C9H5F5N2O4/c10-5-2-7(16(18)19)6(11)1-4(5)8(17)15-20-3-9(12,13)14/h1-2H,3H2,(H,15,17). The number of hydrogen-bond acceptors (Lipinski definition) is 4. The predicted molar refractivity (Wildman–Crippen MR) is 52.5 cm³/mol. The molecule has 1 amide bonds. The van der Waals surface area contributed by atoms with Gasteiger partial charge >= 0.3 is 11.9 Å². The van der Waals surface area contributed by atoms with Crippen molar-refractivity contribution in [3.63, 3.8) is 0 Å². The molecule has 0 aliphatic carbocycles. The van der Waals surface area contributed by atoms with Crippen molar-refractivity contribution in [3.05, 3.63) is 39.4 Å². The number of nitrogens with zero attached hydrogens (tertiary/aromatic N) is 1. The minimum absolute atomic E-state index is 0.133. The Morgan fingerprint density at radius 3 is 2.40 bits per heavy atom. The summed E-state index contributed by atoms with van der Waals surface area (Å²) in [5.74, 6) is -4.51. The summed E-state index contributed by atoms with van der Waals surface area (Å²) < 4.78 is 61.6. The third kappa shape index (κ3) is 4.12. The molecule has 0 aliphatic rings. The number of carbonyl (C=O) groups is 1. The molecule has 110 valence electrons. The highest BCUT2D eigenvalue weighted by molar-refractivity contribution is 5.94. The van der Waals surface area contributed by atoms with Gasteiger partial charge in [-0.2, -0.15) is 17.6 Å². The minimum Gasteiger partial charge on any atom is -0.267 e. The number of hydroxylamine groups is 1. The molecule has 20 heavy (non-hydrogen) atoms. The van der Waals surface area contributed by atoms with Crippen LogP contribution in [0.15, 0.2) is 12.1 Å². The molecule has 0 atom stereocenters. The summed E-state index contributed by atoms with van der Waals surface area (Å²) in [6.07, 6.45) is -4.73. The Morgan fingerprint density at radius 2 is 1.90 bits per heavy atom. The summed E-state index contributed by atoms with van der Waals surface area (Å²) in [4.78, 5) is 24.0. The van der Waals surface area contributed by atoms with Crippen LogP contribution in [0.1, 0.15) is 10.4 Å². The van der Waals surface area contributed by atoms with Crippen molar-refractivity contribution in [2.24, 2.45) is 0 Å². The van der Waals surface area contributed by atoms with E-state index in [0.29, 0.717) is 0 Å². The van der Waals surface area contributed by atoms with Crippen LogP contribution in [-0.2, 0) is 4.84 Å². The second kappa shape index (κ2) is 5.77. The Morgan fingerprint density at radius 1 is 1.30 bits per heavy atom. The molecule has 0 fully saturated rings. The monoisotopic (exact) mass is 300 g/mol. The molecule has 6 nitrogen and oxygen atoms in total. The van der Waals surface area contributed by atoms with E-state index in [4.69, 9.17) is 0 Å². The van der Waals surface area contributed by atoms with Gasteiger partial charge in [-0.05, 0) is 6.07 Å². The number of benzene rings is 1. The third-order valence-electron chi connectivity index (χ3n) is 1.88. The second-order valence-corrected chi connectivity index (χ2v) is 3.38.